The molecule has 0 aromatic rings. The molecule has 0 saturated carbocycles. The molecule has 59 heavy (non-hydrogen) atoms. The normalized spacial score (nSPS) is 37.3. The molecule has 16 atom stereocenters. The van der Waals surface area contributed by atoms with Gasteiger partial charge in [0.15, 0.2) is 0 Å². The standard InChI is InChI=1S/2C24H35O5.Ca/c2*1-5-15(3)24(27)29-21-11-14(2)10-17-7-6-16(4)20(23(17)21)9-8-19-12-18(25)13-22(26)28-19;/h2*6-7,10,14-16,18-21,23H,5,8-9,11-13H2,1-4H3;/q2*-1;+2/t2*14-,15-,16-,18+,19+,20-,21-,23?;/m00./s1. The average molecular weight is 847 g/mol. The van der Waals surface area contributed by atoms with Gasteiger partial charge in [-0.2, -0.15) is 0 Å². The Balaban J connectivity index is 0.000000256. The van der Waals surface area contributed by atoms with Crippen LogP contribution >= 0.6 is 0 Å². The average Bonchev–Trinajstić information content (AvgIpc) is 3.16. The van der Waals surface area contributed by atoms with Gasteiger partial charge in [-0.25, -0.2) is 0 Å². The second-order valence-corrected chi connectivity index (χ2v) is 18.6. The molecule has 6 aliphatic rings. The van der Waals surface area contributed by atoms with Crippen molar-refractivity contribution in [3.8, 4) is 0 Å². The van der Waals surface area contributed by atoms with Gasteiger partial charge in [0, 0.05) is 24.7 Å². The van der Waals surface area contributed by atoms with Crippen molar-refractivity contribution in [2.75, 3.05) is 0 Å². The van der Waals surface area contributed by atoms with Crippen molar-refractivity contribution in [2.24, 2.45) is 59.2 Å². The van der Waals surface area contributed by atoms with Crippen LogP contribution in [0.4, 0.5) is 0 Å². The minimum atomic E-state index is -0.847. The summed E-state index contributed by atoms with van der Waals surface area (Å²) in [6, 6.07) is 0. The van der Waals surface area contributed by atoms with Crippen LogP contribution in [0.2, 0.25) is 0 Å². The van der Waals surface area contributed by atoms with E-state index in [1.807, 2.05) is 27.7 Å². The molecule has 2 aliphatic heterocycles. The Labute approximate surface area is 383 Å². The number of carbonyl (C=O) groups is 4. The molecule has 0 aromatic heterocycles. The SMILES string of the molecule is CC[C@H](C)C(=O)O[C@H]1C[C@@H](C)C=C2C=C[C@H](C)[C@H](CC[C@@H]3C[C@@H]([O-])CC(=O)O3)C21.CC[C@H](C)C(=O)O[C@H]1C[C@@H](C)C=C2C=C[C@H](C)[C@H](CC[C@@H]3C[C@@H]([O-])CC(=O)O3)C21.[Ca+2]. The van der Waals surface area contributed by atoms with Crippen molar-refractivity contribution in [1.29, 1.82) is 0 Å². The van der Waals surface area contributed by atoms with E-state index >= 15 is 0 Å². The molecule has 2 saturated heterocycles. The van der Waals surface area contributed by atoms with Gasteiger partial charge in [-0.3, -0.25) is 19.2 Å². The van der Waals surface area contributed by atoms with Gasteiger partial charge in [0.05, 0.1) is 11.8 Å². The van der Waals surface area contributed by atoms with Crippen molar-refractivity contribution in [2.45, 2.75) is 169 Å². The molecule has 2 heterocycles. The minimum absolute atomic E-state index is 0. The molecular weight excluding hydrogens is 777 g/mol. The molecule has 324 valence electrons. The van der Waals surface area contributed by atoms with Gasteiger partial charge >= 0.3 is 61.6 Å². The second-order valence-electron chi connectivity index (χ2n) is 18.6. The summed E-state index contributed by atoms with van der Waals surface area (Å²) < 4.78 is 22.9. The van der Waals surface area contributed by atoms with E-state index in [0.29, 0.717) is 61.2 Å². The number of hydrogen-bond acceptors (Lipinski definition) is 10. The van der Waals surface area contributed by atoms with E-state index in [1.165, 1.54) is 11.1 Å². The molecule has 2 fully saturated rings. The molecular formula is C48H70CaO10. The summed E-state index contributed by atoms with van der Waals surface area (Å²) in [6.07, 6.45) is 18.1. The zero-order valence-electron chi connectivity index (χ0n) is 37.0. The van der Waals surface area contributed by atoms with Crippen LogP contribution in [-0.2, 0) is 38.1 Å². The molecule has 0 spiro atoms. The van der Waals surface area contributed by atoms with Gasteiger partial charge in [-0.1, -0.05) is 91.8 Å². The molecule has 4 aliphatic carbocycles. The Morgan fingerprint density at radius 3 is 1.37 bits per heavy atom. The number of ether oxygens (including phenoxy) is 4. The van der Waals surface area contributed by atoms with Gasteiger partial charge in [0.2, 0.25) is 0 Å². The van der Waals surface area contributed by atoms with Crippen LogP contribution in [0.1, 0.15) is 132 Å². The number of cyclic esters (lactones) is 2. The molecule has 11 heteroatoms. The fourth-order valence-electron chi connectivity index (χ4n) is 10.1. The molecule has 0 N–H and O–H groups in total. The summed E-state index contributed by atoms with van der Waals surface area (Å²) in [5.41, 5.74) is 2.52. The van der Waals surface area contributed by atoms with E-state index in [1.54, 1.807) is 0 Å². The number of carbonyl (C=O) groups excluding carboxylic acids is 4. The van der Waals surface area contributed by atoms with E-state index < -0.39 is 12.2 Å². The summed E-state index contributed by atoms with van der Waals surface area (Å²) in [5.74, 6) is 1.23. The summed E-state index contributed by atoms with van der Waals surface area (Å²) in [5, 5.41) is 23.7. The zero-order chi connectivity index (χ0) is 42.3. The fourth-order valence-corrected chi connectivity index (χ4v) is 10.1. The number of allylic oxidation sites excluding steroid dienone is 6. The number of fused-ring (bicyclic) bond motifs is 2. The Bertz CT molecular complexity index is 1450. The van der Waals surface area contributed by atoms with Crippen molar-refractivity contribution < 1.29 is 48.3 Å². The Hall–Kier alpha value is -1.98. The zero-order valence-corrected chi connectivity index (χ0v) is 39.2. The number of rotatable bonds is 12. The quantitative estimate of drug-likeness (QED) is 0.117. The van der Waals surface area contributed by atoms with Crippen LogP contribution in [0.5, 0.6) is 0 Å². The second kappa shape index (κ2) is 22.9. The maximum Gasteiger partial charge on any atom is 2.00 e. The van der Waals surface area contributed by atoms with Crippen LogP contribution in [-0.4, -0.2) is 98.2 Å². The summed E-state index contributed by atoms with van der Waals surface area (Å²) in [7, 11) is 0. The van der Waals surface area contributed by atoms with Crippen LogP contribution in [0.25, 0.3) is 0 Å². The first-order valence-electron chi connectivity index (χ1n) is 22.5. The van der Waals surface area contributed by atoms with Gasteiger partial charge < -0.3 is 29.2 Å². The van der Waals surface area contributed by atoms with Crippen molar-refractivity contribution >= 4 is 61.6 Å². The number of hydrogen-bond donors (Lipinski definition) is 0. The third-order valence-electron chi connectivity index (χ3n) is 13.8. The van der Waals surface area contributed by atoms with Gasteiger partial charge in [-0.15, -0.1) is 12.2 Å². The first-order chi connectivity index (χ1) is 27.6. The van der Waals surface area contributed by atoms with E-state index in [4.69, 9.17) is 18.9 Å². The van der Waals surface area contributed by atoms with Crippen molar-refractivity contribution in [1.82, 2.24) is 0 Å². The van der Waals surface area contributed by atoms with E-state index in [9.17, 15) is 29.4 Å². The largest absolute Gasteiger partial charge is 2.00 e. The maximum atomic E-state index is 12.5. The first kappa shape index (κ1) is 49.7. The maximum absolute atomic E-state index is 12.5. The van der Waals surface area contributed by atoms with Gasteiger partial charge in [-0.05, 0) is 111 Å². The Kier molecular flexibility index (Phi) is 19.3. The van der Waals surface area contributed by atoms with E-state index in [0.717, 1.165) is 38.5 Å². The van der Waals surface area contributed by atoms with Crippen LogP contribution in [0.3, 0.4) is 0 Å². The van der Waals surface area contributed by atoms with Crippen molar-refractivity contribution in [3.05, 3.63) is 47.6 Å². The molecule has 10 nitrogen and oxygen atoms in total. The molecule has 0 aromatic carbocycles. The first-order valence-corrected chi connectivity index (χ1v) is 22.5. The fraction of sp³-hybridized carbons (Fsp3) is 0.750. The van der Waals surface area contributed by atoms with Gasteiger partial charge in [0.25, 0.3) is 0 Å². The van der Waals surface area contributed by atoms with Crippen molar-refractivity contribution in [3.63, 3.8) is 0 Å². The van der Waals surface area contributed by atoms with Gasteiger partial charge in [0.1, 0.15) is 24.4 Å². The summed E-state index contributed by atoms with van der Waals surface area (Å²) >= 11 is 0. The predicted molar refractivity (Wildman–Crippen MR) is 223 cm³/mol. The predicted octanol–water partition coefficient (Wildman–Crippen LogP) is 6.75. The van der Waals surface area contributed by atoms with Crippen LogP contribution in [0, 0.1) is 59.2 Å². The molecule has 2 unspecified atom stereocenters. The summed E-state index contributed by atoms with van der Waals surface area (Å²) in [6.45, 7) is 16.6. The van der Waals surface area contributed by atoms with Crippen LogP contribution in [0.15, 0.2) is 47.6 Å². The van der Waals surface area contributed by atoms with E-state index in [2.05, 4.69) is 64.2 Å². The summed E-state index contributed by atoms with van der Waals surface area (Å²) in [4.78, 5) is 48.3. The van der Waals surface area contributed by atoms with E-state index in [-0.39, 0.29) is 123 Å². The third kappa shape index (κ3) is 13.5. The molecule has 0 bridgehead atoms. The number of esters is 4. The van der Waals surface area contributed by atoms with Crippen LogP contribution < -0.4 is 10.2 Å². The molecule has 0 radical (unpaired) electrons. The molecule has 0 amide bonds. The monoisotopic (exact) mass is 846 g/mol. The minimum Gasteiger partial charge on any atom is -0.851 e. The Morgan fingerprint density at radius 2 is 1.03 bits per heavy atom. The third-order valence-corrected chi connectivity index (χ3v) is 13.8. The topological polar surface area (TPSA) is 151 Å². The Morgan fingerprint density at radius 1 is 0.661 bits per heavy atom. The molecule has 6 rings (SSSR count). The smallest absolute Gasteiger partial charge is 0.851 e.